The molecule has 2 N–H and O–H groups in total. The van der Waals surface area contributed by atoms with Gasteiger partial charge >= 0.3 is 0 Å². The lowest BCUT2D eigenvalue weighted by Crippen LogP contribution is -2.36. The molecule has 3 rings (SSSR count). The first kappa shape index (κ1) is 23.7. The minimum absolute atomic E-state index is 0.181. The predicted octanol–water partition coefficient (Wildman–Crippen LogP) is 6.68. The van der Waals surface area contributed by atoms with Crippen LogP contribution < -0.4 is 0 Å². The van der Waals surface area contributed by atoms with Crippen LogP contribution >= 0.6 is 0 Å². The fourth-order valence-corrected chi connectivity index (χ4v) is 6.71. The average Bonchev–Trinajstić information content (AvgIpc) is 3.00. The molecule has 0 amide bonds. The number of rotatable bonds is 6. The van der Waals surface area contributed by atoms with Crippen LogP contribution in [0.25, 0.3) is 0 Å². The third kappa shape index (κ3) is 5.27. The number of alkyl halides is 1. The largest absolute Gasteiger partial charge is 0.393 e. The van der Waals surface area contributed by atoms with Crippen LogP contribution in [-0.2, 0) is 0 Å². The second kappa shape index (κ2) is 9.28. The monoisotopic (exact) mass is 418 g/mol. The number of aliphatic hydroxyl groups excluding tert-OH is 1. The second-order valence-corrected chi connectivity index (χ2v) is 11.3. The SMILES string of the molecule is C=C1C(=CC=C2CCC[C@@]3(C)C2CC[C@@H]3[C@H](C)CCCC(C)(C)O)C[C@@H](O)CC1F. The molecule has 0 bridgehead atoms. The number of fused-ring (bicyclic) bond motifs is 1. The maximum atomic E-state index is 14.1. The lowest BCUT2D eigenvalue weighted by Gasteiger charge is -2.44. The van der Waals surface area contributed by atoms with Crippen LogP contribution in [0.3, 0.4) is 0 Å². The van der Waals surface area contributed by atoms with Gasteiger partial charge in [-0.3, -0.25) is 0 Å². The van der Waals surface area contributed by atoms with Crippen molar-refractivity contribution in [3.8, 4) is 0 Å². The lowest BCUT2D eigenvalue weighted by molar-refractivity contribution is 0.0596. The zero-order valence-corrected chi connectivity index (χ0v) is 19.6. The van der Waals surface area contributed by atoms with Crippen LogP contribution in [0, 0.1) is 23.2 Å². The summed E-state index contributed by atoms with van der Waals surface area (Å²) >= 11 is 0. The van der Waals surface area contributed by atoms with E-state index in [9.17, 15) is 14.6 Å². The number of allylic oxidation sites excluding steroid dienone is 4. The highest BCUT2D eigenvalue weighted by molar-refractivity contribution is 5.38. The number of hydrogen-bond acceptors (Lipinski definition) is 2. The predicted molar refractivity (Wildman–Crippen MR) is 123 cm³/mol. The summed E-state index contributed by atoms with van der Waals surface area (Å²) in [6.07, 6.45) is 12.6. The van der Waals surface area contributed by atoms with E-state index >= 15 is 0 Å². The van der Waals surface area contributed by atoms with Crippen LogP contribution in [-0.4, -0.2) is 28.1 Å². The van der Waals surface area contributed by atoms with E-state index in [0.29, 0.717) is 29.2 Å². The molecule has 0 aromatic carbocycles. The maximum absolute atomic E-state index is 14.1. The number of halogens is 1. The van der Waals surface area contributed by atoms with Gasteiger partial charge in [-0.25, -0.2) is 4.39 Å². The van der Waals surface area contributed by atoms with E-state index < -0.39 is 17.9 Å². The van der Waals surface area contributed by atoms with Crippen LogP contribution in [0.1, 0.15) is 91.9 Å². The summed E-state index contributed by atoms with van der Waals surface area (Å²) < 4.78 is 14.1. The fourth-order valence-electron chi connectivity index (χ4n) is 6.71. The highest BCUT2D eigenvalue weighted by atomic mass is 19.1. The van der Waals surface area contributed by atoms with Crippen molar-refractivity contribution in [1.82, 2.24) is 0 Å². The molecule has 3 aliphatic carbocycles. The first-order chi connectivity index (χ1) is 14.0. The third-order valence-corrected chi connectivity index (χ3v) is 8.40. The van der Waals surface area contributed by atoms with Crippen LogP contribution in [0.2, 0.25) is 0 Å². The van der Waals surface area contributed by atoms with Gasteiger partial charge in [0.15, 0.2) is 0 Å². The Morgan fingerprint density at radius 2 is 2.03 bits per heavy atom. The molecule has 3 heteroatoms. The van der Waals surface area contributed by atoms with Crippen LogP contribution in [0.4, 0.5) is 4.39 Å². The summed E-state index contributed by atoms with van der Waals surface area (Å²) in [6, 6.07) is 0. The summed E-state index contributed by atoms with van der Waals surface area (Å²) in [5.41, 5.74) is 2.75. The molecule has 30 heavy (non-hydrogen) atoms. The summed E-state index contributed by atoms with van der Waals surface area (Å²) in [6.45, 7) is 12.7. The van der Waals surface area contributed by atoms with Gasteiger partial charge in [-0.15, -0.1) is 0 Å². The second-order valence-electron chi connectivity index (χ2n) is 11.3. The molecule has 3 fully saturated rings. The van der Waals surface area contributed by atoms with E-state index in [-0.39, 0.29) is 6.42 Å². The van der Waals surface area contributed by atoms with Gasteiger partial charge in [0.25, 0.3) is 0 Å². The molecule has 0 spiro atoms. The topological polar surface area (TPSA) is 40.5 Å². The Labute approximate surface area is 183 Å². The van der Waals surface area contributed by atoms with E-state index in [4.69, 9.17) is 0 Å². The van der Waals surface area contributed by atoms with Gasteiger partial charge < -0.3 is 10.2 Å². The van der Waals surface area contributed by atoms with E-state index in [1.807, 2.05) is 13.8 Å². The van der Waals surface area contributed by atoms with Crippen molar-refractivity contribution >= 4 is 0 Å². The minimum atomic E-state index is -1.12. The average molecular weight is 419 g/mol. The molecule has 0 aromatic rings. The Balaban J connectivity index is 1.70. The summed E-state index contributed by atoms with van der Waals surface area (Å²) in [5.74, 6) is 2.04. The minimum Gasteiger partial charge on any atom is -0.393 e. The Morgan fingerprint density at radius 3 is 2.73 bits per heavy atom. The smallest absolute Gasteiger partial charge is 0.127 e. The molecule has 170 valence electrons. The quantitative estimate of drug-likeness (QED) is 0.505. The van der Waals surface area contributed by atoms with Crippen molar-refractivity contribution in [2.24, 2.45) is 23.2 Å². The summed E-state index contributed by atoms with van der Waals surface area (Å²) in [5, 5.41) is 20.0. The van der Waals surface area contributed by atoms with Gasteiger partial charge in [0.1, 0.15) is 6.17 Å². The van der Waals surface area contributed by atoms with E-state index in [2.05, 4.69) is 32.6 Å². The maximum Gasteiger partial charge on any atom is 0.127 e. The molecule has 0 radical (unpaired) electrons. The standard InChI is InChI=1S/C27H43FO2/c1-18(8-6-14-26(3,4)30)23-12-13-24-20(9-7-15-27(23,24)5)10-11-21-16-22(29)17-25(28)19(21)2/h10-11,18,22-25,29-30H,2,6-9,12-17H2,1,3-5H3/t18-,22-,23-,24?,25?,27-/m1/s1. The van der Waals surface area contributed by atoms with E-state index in [1.54, 1.807) is 0 Å². The molecule has 2 unspecified atom stereocenters. The molecule has 0 saturated heterocycles. The van der Waals surface area contributed by atoms with Gasteiger partial charge in [0.2, 0.25) is 0 Å². The van der Waals surface area contributed by atoms with Crippen molar-refractivity contribution in [2.75, 3.05) is 0 Å². The van der Waals surface area contributed by atoms with Crippen molar-refractivity contribution in [3.63, 3.8) is 0 Å². The van der Waals surface area contributed by atoms with Crippen molar-refractivity contribution in [2.45, 2.75) is 110 Å². The summed E-state index contributed by atoms with van der Waals surface area (Å²) in [4.78, 5) is 0. The first-order valence-electron chi connectivity index (χ1n) is 12.1. The Morgan fingerprint density at radius 1 is 1.30 bits per heavy atom. The van der Waals surface area contributed by atoms with Gasteiger partial charge in [0.05, 0.1) is 11.7 Å². The molecular weight excluding hydrogens is 375 g/mol. The van der Waals surface area contributed by atoms with Gasteiger partial charge in [-0.1, -0.05) is 51.0 Å². The normalized spacial score (nSPS) is 38.8. The van der Waals surface area contributed by atoms with Gasteiger partial charge in [0, 0.05) is 6.42 Å². The lowest BCUT2D eigenvalue weighted by atomic mass is 9.60. The van der Waals surface area contributed by atoms with Gasteiger partial charge in [-0.05, 0) is 93.1 Å². The Bertz CT molecular complexity index is 685. The Hall–Kier alpha value is -0.930. The van der Waals surface area contributed by atoms with Crippen molar-refractivity contribution in [3.05, 3.63) is 35.5 Å². The van der Waals surface area contributed by atoms with Crippen LogP contribution in [0.5, 0.6) is 0 Å². The number of aliphatic hydroxyl groups is 2. The van der Waals surface area contributed by atoms with Crippen molar-refractivity contribution in [1.29, 1.82) is 0 Å². The molecule has 3 saturated carbocycles. The zero-order chi connectivity index (χ0) is 22.1. The number of hydrogen-bond donors (Lipinski definition) is 2. The Kier molecular flexibility index (Phi) is 7.34. The molecule has 0 aliphatic heterocycles. The van der Waals surface area contributed by atoms with Gasteiger partial charge in [-0.2, -0.15) is 0 Å². The third-order valence-electron chi connectivity index (χ3n) is 8.40. The molecule has 0 aromatic heterocycles. The van der Waals surface area contributed by atoms with Crippen LogP contribution in [0.15, 0.2) is 35.5 Å². The fraction of sp³-hybridized carbons (Fsp3) is 0.778. The van der Waals surface area contributed by atoms with E-state index in [1.165, 1.54) is 37.7 Å². The zero-order valence-electron chi connectivity index (χ0n) is 19.6. The first-order valence-corrected chi connectivity index (χ1v) is 12.1. The molecule has 6 atom stereocenters. The van der Waals surface area contributed by atoms with E-state index in [0.717, 1.165) is 30.8 Å². The van der Waals surface area contributed by atoms with Crippen molar-refractivity contribution < 1.29 is 14.6 Å². The molecule has 3 aliphatic rings. The molecule has 0 heterocycles. The highest BCUT2D eigenvalue weighted by Crippen LogP contribution is 2.60. The molecule has 2 nitrogen and oxygen atoms in total. The molecular formula is C27H43FO2. The highest BCUT2D eigenvalue weighted by Gasteiger charge is 2.50. The summed E-state index contributed by atoms with van der Waals surface area (Å²) in [7, 11) is 0.